The molecule has 0 spiro atoms. The van der Waals surface area contributed by atoms with Crippen LogP contribution in [0.3, 0.4) is 0 Å². The van der Waals surface area contributed by atoms with Gasteiger partial charge in [0.25, 0.3) is 11.8 Å². The molecule has 1 aliphatic carbocycles. The first-order valence-corrected chi connectivity index (χ1v) is 13.5. The number of anilines is 4. The molecule has 11 nitrogen and oxygen atoms in total. The van der Waals surface area contributed by atoms with Crippen LogP contribution in [0, 0.1) is 0 Å². The number of benzene rings is 1. The first kappa shape index (κ1) is 28.0. The Kier molecular flexibility index (Phi) is 8.04. The van der Waals surface area contributed by atoms with Crippen LogP contribution in [0.1, 0.15) is 42.5 Å². The zero-order valence-corrected chi connectivity index (χ0v) is 22.9. The van der Waals surface area contributed by atoms with Gasteiger partial charge in [0, 0.05) is 32.3 Å². The maximum atomic E-state index is 14.9. The Morgan fingerprint density at radius 3 is 2.70 bits per heavy atom. The van der Waals surface area contributed by atoms with Crippen molar-refractivity contribution in [3.63, 3.8) is 0 Å². The van der Waals surface area contributed by atoms with Gasteiger partial charge in [-0.2, -0.15) is 13.8 Å². The molecule has 2 atom stereocenters. The van der Waals surface area contributed by atoms with Gasteiger partial charge in [-0.1, -0.05) is 12.8 Å². The number of alkyl halides is 2. The lowest BCUT2D eigenvalue weighted by Crippen LogP contribution is -2.53. The molecule has 1 saturated heterocycles. The second-order valence-corrected chi connectivity index (χ2v) is 10.4. The molecule has 13 heteroatoms. The maximum absolute atomic E-state index is 14.9. The third-order valence-corrected chi connectivity index (χ3v) is 7.89. The topological polar surface area (TPSA) is 121 Å². The molecule has 1 saturated carbocycles. The number of piperidine rings is 1. The quantitative estimate of drug-likeness (QED) is 0.470. The number of halogens is 2. The number of rotatable bonds is 7. The number of methoxy groups -OCH3 is 2. The Bertz CT molecular complexity index is 1260. The number of carbonyl (C=O) groups excluding carboxylic acids is 2. The highest BCUT2D eigenvalue weighted by molar-refractivity contribution is 6.02. The van der Waals surface area contributed by atoms with Crippen molar-refractivity contribution < 1.29 is 27.8 Å². The highest BCUT2D eigenvalue weighted by atomic mass is 19.3. The van der Waals surface area contributed by atoms with E-state index in [1.54, 1.807) is 30.2 Å². The summed E-state index contributed by atoms with van der Waals surface area (Å²) in [6, 6.07) is 4.69. The van der Waals surface area contributed by atoms with Gasteiger partial charge >= 0.3 is 5.92 Å². The van der Waals surface area contributed by atoms with Crippen LogP contribution in [-0.2, 0) is 9.53 Å². The Morgan fingerprint density at radius 2 is 1.98 bits per heavy atom. The molecular formula is C27H35F2N7O4. The molecule has 3 heterocycles. The van der Waals surface area contributed by atoms with E-state index in [1.807, 2.05) is 0 Å². The Hall–Kier alpha value is -3.58. The van der Waals surface area contributed by atoms with Gasteiger partial charge in [0.15, 0.2) is 5.82 Å². The second-order valence-electron chi connectivity index (χ2n) is 10.4. The average Bonchev–Trinajstić information content (AvgIpc) is 3.48. The fourth-order valence-corrected chi connectivity index (χ4v) is 5.65. The summed E-state index contributed by atoms with van der Waals surface area (Å²) < 4.78 is 40.7. The molecule has 2 aromatic rings. The molecule has 0 radical (unpaired) electrons. The van der Waals surface area contributed by atoms with E-state index in [1.165, 1.54) is 20.4 Å². The third kappa shape index (κ3) is 5.52. The first-order valence-electron chi connectivity index (χ1n) is 13.5. The van der Waals surface area contributed by atoms with Crippen molar-refractivity contribution in [2.75, 3.05) is 56.0 Å². The van der Waals surface area contributed by atoms with Crippen LogP contribution in [0.2, 0.25) is 0 Å². The summed E-state index contributed by atoms with van der Waals surface area (Å²) in [4.78, 5) is 36.9. The number of fused-ring (bicyclic) bond motifs is 1. The van der Waals surface area contributed by atoms with E-state index in [4.69, 9.17) is 9.47 Å². The number of amides is 2. The summed E-state index contributed by atoms with van der Waals surface area (Å²) >= 11 is 0. The minimum absolute atomic E-state index is 0.115. The number of hydrogen-bond donors (Lipinski definition) is 3. The Morgan fingerprint density at radius 1 is 1.20 bits per heavy atom. The van der Waals surface area contributed by atoms with E-state index >= 15 is 0 Å². The number of ether oxygens (including phenoxy) is 2. The molecule has 1 aromatic carbocycles. The predicted octanol–water partition coefficient (Wildman–Crippen LogP) is 2.70. The van der Waals surface area contributed by atoms with Crippen LogP contribution in [-0.4, -0.2) is 86.8 Å². The van der Waals surface area contributed by atoms with E-state index in [9.17, 15) is 18.4 Å². The van der Waals surface area contributed by atoms with Crippen molar-refractivity contribution in [2.45, 2.75) is 56.2 Å². The van der Waals surface area contributed by atoms with E-state index < -0.39 is 18.4 Å². The summed E-state index contributed by atoms with van der Waals surface area (Å²) in [5, 5.41) is 9.38. The van der Waals surface area contributed by atoms with Crippen LogP contribution >= 0.6 is 0 Å². The van der Waals surface area contributed by atoms with Crippen molar-refractivity contribution >= 4 is 35.0 Å². The largest absolute Gasteiger partial charge is 0.495 e. The molecule has 2 fully saturated rings. The summed E-state index contributed by atoms with van der Waals surface area (Å²) in [6.45, 7) is 0.712. The minimum atomic E-state index is -3.55. The van der Waals surface area contributed by atoms with E-state index in [0.717, 1.165) is 43.5 Å². The van der Waals surface area contributed by atoms with Crippen molar-refractivity contribution in [3.8, 4) is 5.75 Å². The summed E-state index contributed by atoms with van der Waals surface area (Å²) in [6.07, 6.45) is 5.38. The van der Waals surface area contributed by atoms with Crippen molar-refractivity contribution in [2.24, 2.45) is 0 Å². The fraction of sp³-hybridized carbons (Fsp3) is 0.556. The molecular weight excluding hydrogens is 524 g/mol. The molecule has 1 aromatic heterocycles. The zero-order valence-electron chi connectivity index (χ0n) is 22.9. The maximum Gasteiger partial charge on any atom is 0.342 e. The van der Waals surface area contributed by atoms with Crippen LogP contribution in [0.25, 0.3) is 0 Å². The fourth-order valence-electron chi connectivity index (χ4n) is 5.65. The van der Waals surface area contributed by atoms with Crippen LogP contribution in [0.15, 0.2) is 24.4 Å². The number of hydrogen-bond acceptors (Lipinski definition) is 9. The molecule has 5 rings (SSSR count). The summed E-state index contributed by atoms with van der Waals surface area (Å²) in [7, 11) is 4.42. The van der Waals surface area contributed by atoms with Gasteiger partial charge in [0.05, 0.1) is 37.7 Å². The van der Waals surface area contributed by atoms with Gasteiger partial charge in [-0.25, -0.2) is 4.98 Å². The van der Waals surface area contributed by atoms with Gasteiger partial charge in [0.1, 0.15) is 11.4 Å². The van der Waals surface area contributed by atoms with Crippen molar-refractivity contribution in [1.82, 2.24) is 20.6 Å². The van der Waals surface area contributed by atoms with Gasteiger partial charge in [-0.3, -0.25) is 9.59 Å². The lowest BCUT2D eigenvalue weighted by Gasteiger charge is -2.31. The molecule has 2 aliphatic heterocycles. The standard InChI is InChI=1S/C27H35F2N7O4/c1-35-20-13-31-26(34-23(20)36(17-6-4-5-7-17)15-27(28,29)25(35)38)33-18-9-8-16(12-21(18)39-2)24(37)32-19-10-11-30-14-22(19)40-3/h8-9,12-13,17,19,22,30H,4-7,10-11,14-15H2,1-3H3,(H,32,37)(H,31,33,34)/t19-,22+/m1/s1. The SMILES string of the molecule is COc1cc(C(=O)N[C@@H]2CCNC[C@@H]2OC)ccc1Nc1ncc2c(n1)N(C1CCCC1)CC(F)(F)C(=O)N2C. The molecule has 40 heavy (non-hydrogen) atoms. The molecule has 0 bridgehead atoms. The normalized spacial score (nSPS) is 23.0. The van der Waals surface area contributed by atoms with Crippen molar-refractivity contribution in [1.29, 1.82) is 0 Å². The highest BCUT2D eigenvalue weighted by Gasteiger charge is 2.48. The molecule has 2 amide bonds. The number of nitrogens with zero attached hydrogens (tertiary/aromatic N) is 4. The van der Waals surface area contributed by atoms with Crippen LogP contribution < -0.4 is 30.5 Å². The van der Waals surface area contributed by atoms with E-state index in [-0.39, 0.29) is 41.5 Å². The molecule has 3 aliphatic rings. The molecule has 216 valence electrons. The monoisotopic (exact) mass is 559 g/mol. The first-order chi connectivity index (χ1) is 19.2. The molecule has 0 unspecified atom stereocenters. The van der Waals surface area contributed by atoms with Crippen molar-refractivity contribution in [3.05, 3.63) is 30.0 Å². The number of nitrogens with one attached hydrogen (secondary N) is 3. The highest BCUT2D eigenvalue weighted by Crippen LogP contribution is 2.40. The van der Waals surface area contributed by atoms with Crippen LogP contribution in [0.5, 0.6) is 5.75 Å². The minimum Gasteiger partial charge on any atom is -0.495 e. The lowest BCUT2D eigenvalue weighted by molar-refractivity contribution is -0.140. The average molecular weight is 560 g/mol. The lowest BCUT2D eigenvalue weighted by atomic mass is 10.0. The van der Waals surface area contributed by atoms with Gasteiger partial charge in [0.2, 0.25) is 5.95 Å². The summed E-state index contributed by atoms with van der Waals surface area (Å²) in [5.74, 6) is -4.27. The number of carbonyl (C=O) groups is 2. The second kappa shape index (κ2) is 11.5. The van der Waals surface area contributed by atoms with E-state index in [2.05, 4.69) is 25.9 Å². The summed E-state index contributed by atoms with van der Waals surface area (Å²) in [5.41, 5.74) is 1.13. The third-order valence-electron chi connectivity index (χ3n) is 7.89. The smallest absolute Gasteiger partial charge is 0.342 e. The van der Waals surface area contributed by atoms with Gasteiger partial charge < -0.3 is 35.2 Å². The predicted molar refractivity (Wildman–Crippen MR) is 146 cm³/mol. The zero-order chi connectivity index (χ0) is 28.4. The molecule has 3 N–H and O–H groups in total. The Labute approximate surface area is 231 Å². The van der Waals surface area contributed by atoms with Gasteiger partial charge in [-0.05, 0) is 44.0 Å². The number of aromatic nitrogens is 2. The Balaban J connectivity index is 1.40. The van der Waals surface area contributed by atoms with Crippen LogP contribution in [0.4, 0.5) is 31.9 Å². The van der Waals surface area contributed by atoms with Gasteiger partial charge in [-0.15, -0.1) is 0 Å². The van der Waals surface area contributed by atoms with E-state index in [0.29, 0.717) is 23.5 Å².